The second kappa shape index (κ2) is 10.9. The van der Waals surface area contributed by atoms with E-state index >= 15 is 0 Å². The smallest absolute Gasteiger partial charge is 0.301 e. The van der Waals surface area contributed by atoms with E-state index in [1.807, 2.05) is 0 Å². The summed E-state index contributed by atoms with van der Waals surface area (Å²) in [5, 5.41) is 11.4. The molecule has 1 aliphatic rings. The van der Waals surface area contributed by atoms with Gasteiger partial charge in [0.15, 0.2) is 5.13 Å². The normalized spacial score (nSPS) is 16.9. The van der Waals surface area contributed by atoms with Crippen LogP contribution in [0.4, 0.5) is 9.52 Å². The Morgan fingerprint density at radius 3 is 2.68 bits per heavy atom. The summed E-state index contributed by atoms with van der Waals surface area (Å²) in [7, 11) is 0. The van der Waals surface area contributed by atoms with Crippen LogP contribution in [0, 0.1) is 5.82 Å². The van der Waals surface area contributed by atoms with Gasteiger partial charge in [-0.3, -0.25) is 19.5 Å². The quantitative estimate of drug-likeness (QED) is 0.114. The zero-order chi connectivity index (χ0) is 26.8. The summed E-state index contributed by atoms with van der Waals surface area (Å²) in [6.45, 7) is 2.70. The van der Waals surface area contributed by atoms with Crippen LogP contribution in [-0.2, 0) is 9.59 Å². The number of ether oxygens (including phenoxy) is 1. The van der Waals surface area contributed by atoms with E-state index in [4.69, 9.17) is 16.3 Å². The fourth-order valence-corrected chi connectivity index (χ4v) is 5.46. The number of nitrogens with zero attached hydrogens (tertiary/aromatic N) is 3. The minimum Gasteiger partial charge on any atom is -0.507 e. The number of thiazole rings is 1. The van der Waals surface area contributed by atoms with Gasteiger partial charge in [-0.05, 0) is 54.4 Å². The molecule has 5 rings (SSSR count). The molecule has 0 radical (unpaired) electrons. The van der Waals surface area contributed by atoms with E-state index in [-0.39, 0.29) is 21.5 Å². The van der Waals surface area contributed by atoms with Gasteiger partial charge >= 0.3 is 5.91 Å². The standard InChI is InChI=1S/C28H23ClFN3O4S/c1-2-3-4-12-37-18-9-7-16(8-10-18)25(34)23-24(17-6-5-11-31-15-17)33(27(36)26(23)35)28-32-21-13-19(29)20(30)14-22(21)38-28/h5-11,13-15,24,34H,2-4,12H2,1H3/b25-23+. The Morgan fingerprint density at radius 1 is 1.18 bits per heavy atom. The molecule has 1 unspecified atom stereocenters. The van der Waals surface area contributed by atoms with Crippen molar-refractivity contribution >= 4 is 55.7 Å². The molecule has 2 aromatic heterocycles. The molecule has 0 aliphatic carbocycles. The maximum absolute atomic E-state index is 14.1. The van der Waals surface area contributed by atoms with Gasteiger partial charge in [-0.1, -0.05) is 48.8 Å². The minimum atomic E-state index is -0.991. The Labute approximate surface area is 227 Å². The first kappa shape index (κ1) is 25.8. The number of carbonyl (C=O) groups is 2. The van der Waals surface area contributed by atoms with Crippen molar-refractivity contribution in [3.8, 4) is 5.75 Å². The first-order valence-electron chi connectivity index (χ1n) is 12.1. The van der Waals surface area contributed by atoms with Gasteiger partial charge in [0.25, 0.3) is 5.78 Å². The fraction of sp³-hybridized carbons (Fsp3) is 0.214. The highest BCUT2D eigenvalue weighted by Crippen LogP contribution is 2.44. The van der Waals surface area contributed by atoms with Gasteiger partial charge in [0, 0.05) is 18.0 Å². The number of hydrogen-bond donors (Lipinski definition) is 1. The van der Waals surface area contributed by atoms with Crippen molar-refractivity contribution in [3.63, 3.8) is 0 Å². The average Bonchev–Trinajstić information content (AvgIpc) is 3.44. The first-order valence-corrected chi connectivity index (χ1v) is 13.3. The summed E-state index contributed by atoms with van der Waals surface area (Å²) in [6.07, 6.45) is 6.19. The van der Waals surface area contributed by atoms with E-state index in [1.54, 1.807) is 42.6 Å². The summed E-state index contributed by atoms with van der Waals surface area (Å²) < 4.78 is 20.3. The van der Waals surface area contributed by atoms with Crippen LogP contribution in [0.1, 0.15) is 43.4 Å². The third kappa shape index (κ3) is 4.87. The second-order valence-corrected chi connectivity index (χ2v) is 10.2. The van der Waals surface area contributed by atoms with E-state index in [1.165, 1.54) is 23.2 Å². The van der Waals surface area contributed by atoms with Gasteiger partial charge in [0.1, 0.15) is 17.3 Å². The topological polar surface area (TPSA) is 92.6 Å². The van der Waals surface area contributed by atoms with Gasteiger partial charge in [-0.15, -0.1) is 0 Å². The Bertz CT molecular complexity index is 1500. The number of pyridine rings is 1. The number of rotatable bonds is 8. The third-order valence-corrected chi connectivity index (χ3v) is 7.52. The van der Waals surface area contributed by atoms with Crippen molar-refractivity contribution in [2.45, 2.75) is 32.2 Å². The number of halogens is 2. The summed E-state index contributed by atoms with van der Waals surface area (Å²) in [4.78, 5) is 36.5. The lowest BCUT2D eigenvalue weighted by Crippen LogP contribution is -2.29. The lowest BCUT2D eigenvalue weighted by Gasteiger charge is -2.22. The van der Waals surface area contributed by atoms with Crippen LogP contribution < -0.4 is 9.64 Å². The molecule has 3 heterocycles. The van der Waals surface area contributed by atoms with Crippen LogP contribution in [0.5, 0.6) is 5.75 Å². The van der Waals surface area contributed by atoms with Gasteiger partial charge in [0.05, 0.1) is 33.5 Å². The maximum atomic E-state index is 14.1. The molecule has 1 fully saturated rings. The second-order valence-electron chi connectivity index (χ2n) is 8.77. The number of unbranched alkanes of at least 4 members (excludes halogenated alkanes) is 2. The third-order valence-electron chi connectivity index (χ3n) is 6.21. The molecular weight excluding hydrogens is 529 g/mol. The fourth-order valence-electron chi connectivity index (χ4n) is 4.30. The van der Waals surface area contributed by atoms with Crippen molar-refractivity contribution in [2.75, 3.05) is 11.5 Å². The molecule has 0 saturated carbocycles. The van der Waals surface area contributed by atoms with Crippen molar-refractivity contribution in [2.24, 2.45) is 0 Å². The number of aliphatic hydroxyl groups is 1. The zero-order valence-electron chi connectivity index (χ0n) is 20.4. The van der Waals surface area contributed by atoms with Crippen LogP contribution in [0.15, 0.2) is 66.5 Å². The lowest BCUT2D eigenvalue weighted by atomic mass is 9.96. The number of hydrogen-bond acceptors (Lipinski definition) is 7. The molecule has 10 heteroatoms. The Kier molecular flexibility index (Phi) is 7.40. The Morgan fingerprint density at radius 2 is 1.97 bits per heavy atom. The number of benzene rings is 2. The number of aromatic nitrogens is 2. The van der Waals surface area contributed by atoms with Crippen LogP contribution >= 0.6 is 22.9 Å². The van der Waals surface area contributed by atoms with Crippen LogP contribution in [0.25, 0.3) is 16.0 Å². The molecule has 1 amide bonds. The maximum Gasteiger partial charge on any atom is 0.301 e. The molecular formula is C28H23ClFN3O4S. The Balaban J connectivity index is 1.56. The summed E-state index contributed by atoms with van der Waals surface area (Å²) in [6, 6.07) is 11.7. The average molecular weight is 552 g/mol. The summed E-state index contributed by atoms with van der Waals surface area (Å²) in [5.41, 5.74) is 1.16. The molecule has 1 N–H and O–H groups in total. The van der Waals surface area contributed by atoms with Crippen LogP contribution in [0.2, 0.25) is 5.02 Å². The van der Waals surface area contributed by atoms with Crippen molar-refractivity contribution in [1.29, 1.82) is 0 Å². The number of amides is 1. The predicted molar refractivity (Wildman–Crippen MR) is 145 cm³/mol. The van der Waals surface area contributed by atoms with Gasteiger partial charge < -0.3 is 9.84 Å². The van der Waals surface area contributed by atoms with Crippen LogP contribution in [-0.4, -0.2) is 33.4 Å². The predicted octanol–water partition coefficient (Wildman–Crippen LogP) is 6.68. The van der Waals surface area contributed by atoms with E-state index in [0.717, 1.165) is 30.6 Å². The van der Waals surface area contributed by atoms with Crippen LogP contribution in [0.3, 0.4) is 0 Å². The number of anilines is 1. The zero-order valence-corrected chi connectivity index (χ0v) is 21.9. The van der Waals surface area contributed by atoms with Crippen molar-refractivity contribution < 1.29 is 23.8 Å². The molecule has 1 atom stereocenters. The number of ketones is 1. The minimum absolute atomic E-state index is 0.0944. The number of carbonyl (C=O) groups excluding carboxylic acids is 2. The molecule has 1 saturated heterocycles. The lowest BCUT2D eigenvalue weighted by molar-refractivity contribution is -0.132. The summed E-state index contributed by atoms with van der Waals surface area (Å²) in [5.74, 6) is -2.02. The first-order chi connectivity index (χ1) is 18.4. The SMILES string of the molecule is CCCCCOc1ccc(/C(O)=C2\C(=O)C(=O)N(c3nc4cc(Cl)c(F)cc4s3)C2c2cccnc2)cc1. The summed E-state index contributed by atoms with van der Waals surface area (Å²) >= 11 is 6.96. The van der Waals surface area contributed by atoms with E-state index < -0.39 is 23.5 Å². The highest BCUT2D eigenvalue weighted by atomic mass is 35.5. The van der Waals surface area contributed by atoms with Gasteiger partial charge in [-0.25, -0.2) is 9.37 Å². The van der Waals surface area contributed by atoms with Gasteiger partial charge in [0.2, 0.25) is 0 Å². The number of Topliss-reactive ketones (excluding diaryl/α,β-unsaturated/α-hetero) is 1. The largest absolute Gasteiger partial charge is 0.507 e. The van der Waals surface area contributed by atoms with E-state index in [2.05, 4.69) is 16.9 Å². The van der Waals surface area contributed by atoms with Crippen molar-refractivity contribution in [1.82, 2.24) is 9.97 Å². The highest BCUT2D eigenvalue weighted by Gasteiger charge is 2.48. The van der Waals surface area contributed by atoms with E-state index in [9.17, 15) is 19.1 Å². The number of aliphatic hydroxyl groups excluding tert-OH is 1. The van der Waals surface area contributed by atoms with E-state index in [0.29, 0.717) is 33.7 Å². The van der Waals surface area contributed by atoms with Gasteiger partial charge in [-0.2, -0.15) is 0 Å². The monoisotopic (exact) mass is 551 g/mol. The molecule has 0 bridgehead atoms. The molecule has 38 heavy (non-hydrogen) atoms. The molecule has 0 spiro atoms. The molecule has 4 aromatic rings. The highest BCUT2D eigenvalue weighted by molar-refractivity contribution is 7.22. The number of fused-ring (bicyclic) bond motifs is 1. The Hall–Kier alpha value is -3.82. The molecule has 194 valence electrons. The molecule has 7 nitrogen and oxygen atoms in total. The molecule has 1 aliphatic heterocycles. The molecule has 2 aromatic carbocycles. The van der Waals surface area contributed by atoms with Crippen molar-refractivity contribution in [3.05, 3.63) is 88.5 Å².